The number of likely N-dealkylation sites (N-methyl/N-ethyl adjacent to an activating group) is 1. The maximum Gasteiger partial charge on any atom is 0.0701 e. The molecule has 1 unspecified atom stereocenters. The van der Waals surface area contributed by atoms with Gasteiger partial charge in [-0.3, -0.25) is 0 Å². The molecule has 1 aliphatic rings. The standard InChI is InChI=1S/C13H28N2O2/c1-15(9-8-14-7-5-10-16-2)12-13-6-3-4-11-17-13/h13-14H,3-12H2,1-2H3. The second-order valence-corrected chi connectivity index (χ2v) is 4.85. The summed E-state index contributed by atoms with van der Waals surface area (Å²) in [4.78, 5) is 2.36. The predicted molar refractivity (Wildman–Crippen MR) is 70.5 cm³/mol. The van der Waals surface area contributed by atoms with Gasteiger partial charge in [-0.1, -0.05) is 0 Å². The van der Waals surface area contributed by atoms with Crippen molar-refractivity contribution in [2.75, 3.05) is 53.6 Å². The van der Waals surface area contributed by atoms with E-state index in [0.29, 0.717) is 6.10 Å². The lowest BCUT2D eigenvalue weighted by molar-refractivity contribution is -0.00122. The van der Waals surface area contributed by atoms with E-state index in [2.05, 4.69) is 17.3 Å². The van der Waals surface area contributed by atoms with E-state index >= 15 is 0 Å². The van der Waals surface area contributed by atoms with Crippen LogP contribution in [0, 0.1) is 0 Å². The summed E-state index contributed by atoms with van der Waals surface area (Å²) in [5, 5.41) is 3.43. The van der Waals surface area contributed by atoms with Crippen molar-refractivity contribution in [1.82, 2.24) is 10.2 Å². The Morgan fingerprint density at radius 2 is 2.24 bits per heavy atom. The molecular weight excluding hydrogens is 216 g/mol. The lowest BCUT2D eigenvalue weighted by Crippen LogP contribution is -2.37. The maximum atomic E-state index is 5.73. The third kappa shape index (κ3) is 7.71. The zero-order chi connectivity index (χ0) is 12.3. The summed E-state index contributed by atoms with van der Waals surface area (Å²) in [5.74, 6) is 0. The van der Waals surface area contributed by atoms with Gasteiger partial charge in [-0.25, -0.2) is 0 Å². The SMILES string of the molecule is COCCCNCCN(C)CC1CCCCO1. The van der Waals surface area contributed by atoms with Gasteiger partial charge in [0.15, 0.2) is 0 Å². The molecule has 1 atom stereocenters. The molecule has 17 heavy (non-hydrogen) atoms. The molecule has 0 saturated carbocycles. The minimum Gasteiger partial charge on any atom is -0.385 e. The third-order valence-corrected chi connectivity index (χ3v) is 3.16. The molecule has 1 N–H and O–H groups in total. The van der Waals surface area contributed by atoms with E-state index < -0.39 is 0 Å². The number of methoxy groups -OCH3 is 1. The first kappa shape index (κ1) is 14.9. The number of rotatable bonds is 9. The van der Waals surface area contributed by atoms with Crippen molar-refractivity contribution in [2.45, 2.75) is 31.8 Å². The molecule has 0 bridgehead atoms. The van der Waals surface area contributed by atoms with Gasteiger partial charge in [-0.05, 0) is 39.3 Å². The average Bonchev–Trinajstić information content (AvgIpc) is 2.35. The van der Waals surface area contributed by atoms with Crippen molar-refractivity contribution < 1.29 is 9.47 Å². The highest BCUT2D eigenvalue weighted by Gasteiger charge is 2.15. The summed E-state index contributed by atoms with van der Waals surface area (Å²) in [5.41, 5.74) is 0. The van der Waals surface area contributed by atoms with Gasteiger partial charge >= 0.3 is 0 Å². The monoisotopic (exact) mass is 244 g/mol. The van der Waals surface area contributed by atoms with Crippen molar-refractivity contribution in [2.24, 2.45) is 0 Å². The summed E-state index contributed by atoms with van der Waals surface area (Å²) < 4.78 is 10.7. The molecule has 0 aromatic heterocycles. The van der Waals surface area contributed by atoms with Crippen LogP contribution in [0.1, 0.15) is 25.7 Å². The molecule has 1 saturated heterocycles. The minimum atomic E-state index is 0.460. The number of hydrogen-bond donors (Lipinski definition) is 1. The van der Waals surface area contributed by atoms with Gasteiger partial charge in [0.2, 0.25) is 0 Å². The summed E-state index contributed by atoms with van der Waals surface area (Å²) >= 11 is 0. The summed E-state index contributed by atoms with van der Waals surface area (Å²) in [6.45, 7) is 6.05. The zero-order valence-electron chi connectivity index (χ0n) is 11.4. The molecule has 0 spiro atoms. The number of nitrogens with one attached hydrogen (secondary N) is 1. The molecule has 4 heteroatoms. The van der Waals surface area contributed by atoms with E-state index in [1.807, 2.05) is 0 Å². The number of hydrogen-bond acceptors (Lipinski definition) is 4. The highest BCUT2D eigenvalue weighted by molar-refractivity contribution is 4.68. The summed E-state index contributed by atoms with van der Waals surface area (Å²) in [7, 11) is 3.92. The van der Waals surface area contributed by atoms with E-state index in [0.717, 1.165) is 45.8 Å². The lowest BCUT2D eigenvalue weighted by atomic mass is 10.1. The molecule has 0 aliphatic carbocycles. The topological polar surface area (TPSA) is 33.7 Å². The van der Waals surface area contributed by atoms with Gasteiger partial charge in [0.25, 0.3) is 0 Å². The molecule has 0 aromatic carbocycles. The van der Waals surface area contributed by atoms with Crippen molar-refractivity contribution in [3.63, 3.8) is 0 Å². The minimum absolute atomic E-state index is 0.460. The van der Waals surface area contributed by atoms with E-state index in [1.54, 1.807) is 7.11 Å². The van der Waals surface area contributed by atoms with Crippen LogP contribution in [0.15, 0.2) is 0 Å². The Bertz CT molecular complexity index is 173. The largest absolute Gasteiger partial charge is 0.385 e. The number of nitrogens with zero attached hydrogens (tertiary/aromatic N) is 1. The molecule has 0 aromatic rings. The van der Waals surface area contributed by atoms with E-state index in [-0.39, 0.29) is 0 Å². The second-order valence-electron chi connectivity index (χ2n) is 4.85. The average molecular weight is 244 g/mol. The highest BCUT2D eigenvalue weighted by atomic mass is 16.5. The van der Waals surface area contributed by atoms with Crippen LogP contribution in [0.25, 0.3) is 0 Å². The van der Waals surface area contributed by atoms with Gasteiger partial charge in [-0.2, -0.15) is 0 Å². The zero-order valence-corrected chi connectivity index (χ0v) is 11.4. The van der Waals surface area contributed by atoms with Crippen LogP contribution in [-0.2, 0) is 9.47 Å². The van der Waals surface area contributed by atoms with E-state index in [4.69, 9.17) is 9.47 Å². The van der Waals surface area contributed by atoms with Crippen LogP contribution in [-0.4, -0.2) is 64.6 Å². The van der Waals surface area contributed by atoms with Gasteiger partial charge in [-0.15, -0.1) is 0 Å². The molecular formula is C13H28N2O2. The van der Waals surface area contributed by atoms with Gasteiger partial charge in [0.05, 0.1) is 6.10 Å². The van der Waals surface area contributed by atoms with E-state index in [1.165, 1.54) is 19.3 Å². The normalized spacial score (nSPS) is 21.0. The molecule has 4 nitrogen and oxygen atoms in total. The van der Waals surface area contributed by atoms with Crippen molar-refractivity contribution in [3.8, 4) is 0 Å². The summed E-state index contributed by atoms with van der Waals surface area (Å²) in [6, 6.07) is 0. The Hall–Kier alpha value is -0.160. The Morgan fingerprint density at radius 3 is 2.94 bits per heavy atom. The molecule has 102 valence electrons. The van der Waals surface area contributed by atoms with Crippen LogP contribution < -0.4 is 5.32 Å². The fourth-order valence-electron chi connectivity index (χ4n) is 2.13. The number of ether oxygens (including phenoxy) is 2. The summed E-state index contributed by atoms with van der Waals surface area (Å²) in [6.07, 6.45) is 5.34. The van der Waals surface area contributed by atoms with E-state index in [9.17, 15) is 0 Å². The van der Waals surface area contributed by atoms with Crippen LogP contribution in [0.2, 0.25) is 0 Å². The van der Waals surface area contributed by atoms with Crippen molar-refractivity contribution in [3.05, 3.63) is 0 Å². The fourth-order valence-corrected chi connectivity index (χ4v) is 2.13. The quantitative estimate of drug-likeness (QED) is 0.616. The Kier molecular flexibility index (Phi) is 8.61. The molecule has 1 fully saturated rings. The third-order valence-electron chi connectivity index (χ3n) is 3.16. The first-order valence-electron chi connectivity index (χ1n) is 6.82. The Labute approximate surface area is 106 Å². The molecule has 1 heterocycles. The van der Waals surface area contributed by atoms with Crippen LogP contribution in [0.3, 0.4) is 0 Å². The van der Waals surface area contributed by atoms with Crippen LogP contribution in [0.4, 0.5) is 0 Å². The fraction of sp³-hybridized carbons (Fsp3) is 1.00. The van der Waals surface area contributed by atoms with Crippen molar-refractivity contribution >= 4 is 0 Å². The first-order chi connectivity index (χ1) is 8.33. The molecule has 1 rings (SSSR count). The van der Waals surface area contributed by atoms with Crippen LogP contribution >= 0.6 is 0 Å². The Balaban J connectivity index is 1.91. The van der Waals surface area contributed by atoms with Gasteiger partial charge in [0, 0.05) is 40.0 Å². The molecule has 1 aliphatic heterocycles. The second kappa shape index (κ2) is 9.83. The molecule has 0 radical (unpaired) electrons. The van der Waals surface area contributed by atoms with Crippen LogP contribution in [0.5, 0.6) is 0 Å². The predicted octanol–water partition coefficient (Wildman–Crippen LogP) is 1.11. The van der Waals surface area contributed by atoms with Gasteiger partial charge < -0.3 is 19.7 Å². The van der Waals surface area contributed by atoms with Crippen molar-refractivity contribution in [1.29, 1.82) is 0 Å². The highest BCUT2D eigenvalue weighted by Crippen LogP contribution is 2.12. The van der Waals surface area contributed by atoms with Gasteiger partial charge in [0.1, 0.15) is 0 Å². The maximum absolute atomic E-state index is 5.73. The smallest absolute Gasteiger partial charge is 0.0701 e. The Morgan fingerprint density at radius 1 is 1.35 bits per heavy atom. The first-order valence-corrected chi connectivity index (χ1v) is 6.82. The molecule has 0 amide bonds. The lowest BCUT2D eigenvalue weighted by Gasteiger charge is -2.27.